The van der Waals surface area contributed by atoms with Gasteiger partial charge < -0.3 is 0 Å². The first-order chi connectivity index (χ1) is 7.18. The number of hydrogen-bond acceptors (Lipinski definition) is 2. The van der Waals surface area contributed by atoms with Crippen molar-refractivity contribution in [2.75, 3.05) is 0 Å². The van der Waals surface area contributed by atoms with Gasteiger partial charge in [-0.05, 0) is 24.0 Å². The molecule has 0 saturated heterocycles. The molecule has 0 spiro atoms. The second-order valence-corrected chi connectivity index (χ2v) is 4.25. The van der Waals surface area contributed by atoms with Gasteiger partial charge in [0.25, 0.3) is 5.91 Å². The lowest BCUT2D eigenvalue weighted by Gasteiger charge is -2.19. The van der Waals surface area contributed by atoms with E-state index in [1.165, 1.54) is 0 Å². The molecule has 15 heavy (non-hydrogen) atoms. The maximum atomic E-state index is 11.5. The molecule has 3 nitrogen and oxygen atoms in total. The molecule has 0 N–H and O–H groups in total. The minimum Gasteiger partial charge on any atom is -0.265 e. The summed E-state index contributed by atoms with van der Waals surface area (Å²) in [6.07, 6.45) is 0.938. The molecule has 0 bridgehead atoms. The molecule has 1 aromatic rings. The number of nitrogens with zero attached hydrogens (tertiary/aromatic N) is 2. The number of carbonyl (C=O) groups is 1. The maximum Gasteiger partial charge on any atom is 0.295 e. The Labute approximate surface area is 89.2 Å². The third-order valence-electron chi connectivity index (χ3n) is 2.53. The Morgan fingerprint density at radius 1 is 1.33 bits per heavy atom. The molecule has 0 fully saturated rings. The smallest absolute Gasteiger partial charge is 0.265 e. The van der Waals surface area contributed by atoms with Gasteiger partial charge in [0.1, 0.15) is 0 Å². The highest BCUT2D eigenvalue weighted by Gasteiger charge is 2.23. The van der Waals surface area contributed by atoms with Crippen LogP contribution in [-0.2, 0) is 0 Å². The first kappa shape index (κ1) is 10.0. The van der Waals surface area contributed by atoms with Gasteiger partial charge in [0.2, 0.25) is 0 Å². The van der Waals surface area contributed by atoms with Crippen LogP contribution in [0.15, 0.2) is 34.5 Å². The number of amides is 1. The van der Waals surface area contributed by atoms with E-state index in [4.69, 9.17) is 0 Å². The second-order valence-electron chi connectivity index (χ2n) is 4.25. The molecule has 1 aromatic carbocycles. The molecule has 1 unspecified atom stereocenters. The van der Waals surface area contributed by atoms with Crippen molar-refractivity contribution < 1.29 is 4.79 Å². The van der Waals surface area contributed by atoms with Gasteiger partial charge in [-0.2, -0.15) is 5.11 Å². The van der Waals surface area contributed by atoms with Crippen LogP contribution in [0.1, 0.15) is 42.2 Å². The van der Waals surface area contributed by atoms with Crippen LogP contribution in [0, 0.1) is 5.92 Å². The molecule has 1 aliphatic rings. The van der Waals surface area contributed by atoms with Crippen molar-refractivity contribution in [2.45, 2.75) is 26.3 Å². The zero-order valence-electron chi connectivity index (χ0n) is 8.97. The first-order valence-corrected chi connectivity index (χ1v) is 5.22. The molecule has 3 heteroatoms. The van der Waals surface area contributed by atoms with Crippen LogP contribution in [0.4, 0.5) is 0 Å². The van der Waals surface area contributed by atoms with E-state index >= 15 is 0 Å². The Balaban J connectivity index is 2.37. The van der Waals surface area contributed by atoms with Gasteiger partial charge in [-0.25, -0.2) is 0 Å². The number of rotatable bonds is 2. The molecule has 1 atom stereocenters. The lowest BCUT2D eigenvalue weighted by atomic mass is 9.93. The zero-order valence-corrected chi connectivity index (χ0v) is 8.97. The van der Waals surface area contributed by atoms with Crippen molar-refractivity contribution in [1.82, 2.24) is 0 Å². The lowest BCUT2D eigenvalue weighted by Crippen LogP contribution is -2.11. The highest BCUT2D eigenvalue weighted by atomic mass is 16.1. The van der Waals surface area contributed by atoms with Gasteiger partial charge in [-0.3, -0.25) is 4.79 Å². The highest BCUT2D eigenvalue weighted by molar-refractivity contribution is 5.96. The predicted molar refractivity (Wildman–Crippen MR) is 57.8 cm³/mol. The van der Waals surface area contributed by atoms with Gasteiger partial charge in [0, 0.05) is 5.56 Å². The highest BCUT2D eigenvalue weighted by Crippen LogP contribution is 2.31. The molecule has 0 aliphatic carbocycles. The third kappa shape index (κ3) is 1.96. The lowest BCUT2D eigenvalue weighted by molar-refractivity contribution is 0.0983. The van der Waals surface area contributed by atoms with E-state index in [2.05, 4.69) is 24.1 Å². The topological polar surface area (TPSA) is 41.8 Å². The molecule has 0 aromatic heterocycles. The molecule has 0 saturated carbocycles. The van der Waals surface area contributed by atoms with E-state index in [0.717, 1.165) is 12.0 Å². The van der Waals surface area contributed by atoms with Crippen LogP contribution in [-0.4, -0.2) is 5.91 Å². The van der Waals surface area contributed by atoms with Gasteiger partial charge in [-0.15, -0.1) is 5.11 Å². The number of azo groups is 1. The average Bonchev–Trinajstić information content (AvgIpc) is 2.22. The summed E-state index contributed by atoms with van der Waals surface area (Å²) in [5, 5.41) is 7.76. The van der Waals surface area contributed by atoms with Crippen LogP contribution in [0.2, 0.25) is 0 Å². The summed E-state index contributed by atoms with van der Waals surface area (Å²) in [6, 6.07) is 7.66. The van der Waals surface area contributed by atoms with E-state index < -0.39 is 0 Å². The number of carbonyl (C=O) groups excluding carboxylic acids is 1. The van der Waals surface area contributed by atoms with Crippen molar-refractivity contribution >= 4 is 5.91 Å². The fourth-order valence-electron chi connectivity index (χ4n) is 1.84. The fraction of sp³-hybridized carbons (Fsp3) is 0.417. The van der Waals surface area contributed by atoms with Crippen molar-refractivity contribution in [1.29, 1.82) is 0 Å². The Morgan fingerprint density at radius 3 is 2.80 bits per heavy atom. The van der Waals surface area contributed by atoms with Crippen LogP contribution in [0.3, 0.4) is 0 Å². The molecule has 78 valence electrons. The fourth-order valence-corrected chi connectivity index (χ4v) is 1.84. The minimum absolute atomic E-state index is 0.0545. The van der Waals surface area contributed by atoms with Crippen molar-refractivity contribution in [3.8, 4) is 0 Å². The first-order valence-electron chi connectivity index (χ1n) is 5.22. The zero-order chi connectivity index (χ0) is 10.8. The van der Waals surface area contributed by atoms with Crippen molar-refractivity contribution in [3.63, 3.8) is 0 Å². The number of fused-ring (bicyclic) bond motifs is 1. The second kappa shape index (κ2) is 3.93. The predicted octanol–water partition coefficient (Wildman–Crippen LogP) is 3.38. The van der Waals surface area contributed by atoms with Gasteiger partial charge in [0.15, 0.2) is 0 Å². The van der Waals surface area contributed by atoms with Gasteiger partial charge >= 0.3 is 0 Å². The quantitative estimate of drug-likeness (QED) is 0.724. The van der Waals surface area contributed by atoms with Crippen LogP contribution in [0.5, 0.6) is 0 Å². The monoisotopic (exact) mass is 202 g/mol. The minimum atomic E-state index is -0.217. The van der Waals surface area contributed by atoms with E-state index in [1.54, 1.807) is 0 Å². The van der Waals surface area contributed by atoms with Crippen LogP contribution >= 0.6 is 0 Å². The summed E-state index contributed by atoms with van der Waals surface area (Å²) in [4.78, 5) is 11.5. The third-order valence-corrected chi connectivity index (χ3v) is 2.53. The van der Waals surface area contributed by atoms with E-state index in [0.29, 0.717) is 11.5 Å². The molecule has 1 aliphatic heterocycles. The molecule has 1 amide bonds. The van der Waals surface area contributed by atoms with Crippen LogP contribution < -0.4 is 0 Å². The van der Waals surface area contributed by atoms with Crippen LogP contribution in [0.25, 0.3) is 0 Å². The Morgan fingerprint density at radius 2 is 2.07 bits per heavy atom. The van der Waals surface area contributed by atoms with Crippen molar-refractivity contribution in [2.24, 2.45) is 16.1 Å². The van der Waals surface area contributed by atoms with Crippen molar-refractivity contribution in [3.05, 3.63) is 35.4 Å². The Kier molecular flexibility index (Phi) is 2.62. The summed E-state index contributed by atoms with van der Waals surface area (Å²) in [6.45, 7) is 4.29. The summed E-state index contributed by atoms with van der Waals surface area (Å²) in [5.74, 6) is 0.334. The average molecular weight is 202 g/mol. The molecule has 0 radical (unpaired) electrons. The van der Waals surface area contributed by atoms with E-state index in [9.17, 15) is 4.79 Å². The van der Waals surface area contributed by atoms with Gasteiger partial charge in [-0.1, -0.05) is 32.0 Å². The number of hydrogen-bond donors (Lipinski definition) is 0. The maximum absolute atomic E-state index is 11.5. The summed E-state index contributed by atoms with van der Waals surface area (Å²) >= 11 is 0. The van der Waals surface area contributed by atoms with E-state index in [1.807, 2.05) is 24.3 Å². The Hall–Kier alpha value is -1.51. The largest absolute Gasteiger partial charge is 0.295 e. The normalized spacial score (nSPS) is 19.4. The SMILES string of the molecule is CC(C)CC1N=NC(=O)c2ccccc21. The molecular weight excluding hydrogens is 188 g/mol. The Bertz CT molecular complexity index is 410. The standard InChI is InChI=1S/C12H14N2O/c1-8(2)7-11-9-5-3-4-6-10(9)12(15)14-13-11/h3-6,8,11H,7H2,1-2H3. The van der Waals surface area contributed by atoms with Gasteiger partial charge in [0.05, 0.1) is 6.04 Å². The molecule has 1 heterocycles. The van der Waals surface area contributed by atoms with E-state index in [-0.39, 0.29) is 11.9 Å². The summed E-state index contributed by atoms with van der Waals surface area (Å²) in [7, 11) is 0. The summed E-state index contributed by atoms with van der Waals surface area (Å²) < 4.78 is 0. The molecule has 2 rings (SSSR count). The molecular formula is C12H14N2O. The summed E-state index contributed by atoms with van der Waals surface area (Å²) in [5.41, 5.74) is 1.73. The number of benzene rings is 1.